The van der Waals surface area contributed by atoms with Crippen LogP contribution in [0, 0.1) is 11.7 Å². The van der Waals surface area contributed by atoms with Crippen LogP contribution in [-0.4, -0.2) is 30.5 Å². The van der Waals surface area contributed by atoms with E-state index in [0.717, 1.165) is 11.1 Å². The quantitative estimate of drug-likeness (QED) is 0.929. The fourth-order valence-electron chi connectivity index (χ4n) is 3.13. The fourth-order valence-corrected chi connectivity index (χ4v) is 3.13. The van der Waals surface area contributed by atoms with E-state index in [4.69, 9.17) is 10.5 Å². The van der Waals surface area contributed by atoms with Gasteiger partial charge in [-0.1, -0.05) is 49.4 Å². The van der Waals surface area contributed by atoms with Gasteiger partial charge in [-0.2, -0.15) is 0 Å². The molecule has 2 aromatic carbocycles. The molecule has 3 unspecified atom stereocenters. The second-order valence-electron chi connectivity index (χ2n) is 6.42. The van der Waals surface area contributed by atoms with Crippen LogP contribution in [0.25, 0.3) is 0 Å². The summed E-state index contributed by atoms with van der Waals surface area (Å²) in [6.45, 7) is 3.32. The van der Waals surface area contributed by atoms with Gasteiger partial charge in [-0.25, -0.2) is 4.39 Å². The van der Waals surface area contributed by atoms with E-state index in [1.807, 2.05) is 37.3 Å². The van der Waals surface area contributed by atoms with Gasteiger partial charge in [0.15, 0.2) is 0 Å². The summed E-state index contributed by atoms with van der Waals surface area (Å²) in [4.78, 5) is 14.7. The molecule has 0 radical (unpaired) electrons. The minimum Gasteiger partial charge on any atom is -0.370 e. The van der Waals surface area contributed by atoms with Crippen LogP contribution in [0.4, 0.5) is 4.39 Å². The van der Waals surface area contributed by atoms with Crippen molar-refractivity contribution in [1.29, 1.82) is 0 Å². The monoisotopic (exact) mass is 342 g/mol. The Balaban J connectivity index is 1.68. The molecule has 132 valence electrons. The van der Waals surface area contributed by atoms with Gasteiger partial charge < -0.3 is 15.4 Å². The van der Waals surface area contributed by atoms with Crippen molar-refractivity contribution in [1.82, 2.24) is 4.90 Å². The maximum Gasteiger partial charge on any atom is 0.227 e. The Morgan fingerprint density at radius 3 is 2.56 bits per heavy atom. The third-order valence-electron chi connectivity index (χ3n) is 4.73. The molecule has 3 atom stereocenters. The van der Waals surface area contributed by atoms with Gasteiger partial charge in [0.1, 0.15) is 11.9 Å². The molecular formula is C20H23FN2O2. The maximum absolute atomic E-state index is 13.1. The van der Waals surface area contributed by atoms with Gasteiger partial charge >= 0.3 is 0 Å². The highest BCUT2D eigenvalue weighted by Crippen LogP contribution is 2.26. The first kappa shape index (κ1) is 17.6. The second kappa shape index (κ2) is 7.76. The molecule has 5 heteroatoms. The van der Waals surface area contributed by atoms with Crippen LogP contribution >= 0.6 is 0 Å². The molecule has 0 bridgehead atoms. The first-order chi connectivity index (χ1) is 12.1. The molecule has 2 N–H and O–H groups in total. The van der Waals surface area contributed by atoms with E-state index in [0.29, 0.717) is 19.7 Å². The molecule has 1 saturated heterocycles. The molecule has 1 heterocycles. The van der Waals surface area contributed by atoms with Crippen molar-refractivity contribution in [2.75, 3.05) is 19.7 Å². The lowest BCUT2D eigenvalue weighted by Crippen LogP contribution is -2.46. The molecule has 0 aromatic heterocycles. The Kier molecular flexibility index (Phi) is 5.46. The number of morpholine rings is 1. The summed E-state index contributed by atoms with van der Waals surface area (Å²) in [5.74, 6) is -0.587. The lowest BCUT2D eigenvalue weighted by molar-refractivity contribution is -0.143. The molecule has 0 saturated carbocycles. The Labute approximate surface area is 147 Å². The van der Waals surface area contributed by atoms with E-state index in [-0.39, 0.29) is 29.8 Å². The minimum absolute atomic E-state index is 0.0202. The SMILES string of the molecule is CC(C(=O)N1CCOC(c2ccc(F)cc2)C1)C(N)c1ccccc1. The second-order valence-corrected chi connectivity index (χ2v) is 6.42. The number of nitrogens with two attached hydrogens (primary N) is 1. The lowest BCUT2D eigenvalue weighted by atomic mass is 9.93. The summed E-state index contributed by atoms with van der Waals surface area (Å²) in [5, 5.41) is 0. The fraction of sp³-hybridized carbons (Fsp3) is 0.350. The van der Waals surface area contributed by atoms with Crippen LogP contribution in [-0.2, 0) is 9.53 Å². The van der Waals surface area contributed by atoms with Crippen LogP contribution in [0.3, 0.4) is 0 Å². The number of hydrogen-bond donors (Lipinski definition) is 1. The van der Waals surface area contributed by atoms with Gasteiger partial charge in [-0.3, -0.25) is 4.79 Å². The molecule has 2 aromatic rings. The van der Waals surface area contributed by atoms with Crippen LogP contribution in [0.2, 0.25) is 0 Å². The summed E-state index contributed by atoms with van der Waals surface area (Å²) >= 11 is 0. The molecule has 4 nitrogen and oxygen atoms in total. The summed E-state index contributed by atoms with van der Waals surface area (Å²) in [5.41, 5.74) is 8.11. The average Bonchev–Trinajstić information content (AvgIpc) is 2.67. The van der Waals surface area contributed by atoms with Crippen molar-refractivity contribution in [2.24, 2.45) is 11.7 Å². The highest BCUT2D eigenvalue weighted by Gasteiger charge is 2.31. The van der Waals surface area contributed by atoms with Crippen LogP contribution in [0.1, 0.15) is 30.2 Å². The Bertz CT molecular complexity index is 705. The van der Waals surface area contributed by atoms with Crippen molar-refractivity contribution in [3.8, 4) is 0 Å². The maximum atomic E-state index is 13.1. The Hall–Kier alpha value is -2.24. The van der Waals surface area contributed by atoms with Gasteiger partial charge in [0, 0.05) is 12.6 Å². The van der Waals surface area contributed by atoms with E-state index in [9.17, 15) is 9.18 Å². The zero-order valence-corrected chi connectivity index (χ0v) is 14.3. The topological polar surface area (TPSA) is 55.6 Å². The minimum atomic E-state index is -0.346. The van der Waals surface area contributed by atoms with Gasteiger partial charge in [-0.05, 0) is 23.3 Å². The van der Waals surface area contributed by atoms with Crippen molar-refractivity contribution in [3.63, 3.8) is 0 Å². The Morgan fingerprint density at radius 2 is 1.88 bits per heavy atom. The first-order valence-electron chi connectivity index (χ1n) is 8.52. The number of carbonyl (C=O) groups is 1. The molecule has 1 amide bonds. The van der Waals surface area contributed by atoms with E-state index >= 15 is 0 Å². The molecular weight excluding hydrogens is 319 g/mol. The van der Waals surface area contributed by atoms with Gasteiger partial charge in [0.2, 0.25) is 5.91 Å². The Morgan fingerprint density at radius 1 is 1.20 bits per heavy atom. The summed E-state index contributed by atoms with van der Waals surface area (Å²) in [7, 11) is 0. The number of benzene rings is 2. The lowest BCUT2D eigenvalue weighted by Gasteiger charge is -2.35. The highest BCUT2D eigenvalue weighted by molar-refractivity contribution is 5.79. The van der Waals surface area contributed by atoms with E-state index in [1.165, 1.54) is 12.1 Å². The number of carbonyl (C=O) groups excluding carboxylic acids is 1. The molecule has 1 aliphatic rings. The summed E-state index contributed by atoms with van der Waals surface area (Å²) in [6.07, 6.45) is -0.238. The van der Waals surface area contributed by atoms with Crippen LogP contribution in [0.5, 0.6) is 0 Å². The zero-order chi connectivity index (χ0) is 17.8. The largest absolute Gasteiger partial charge is 0.370 e. The average molecular weight is 342 g/mol. The number of amides is 1. The van der Waals surface area contributed by atoms with Crippen molar-refractivity contribution < 1.29 is 13.9 Å². The number of rotatable bonds is 4. The first-order valence-corrected chi connectivity index (χ1v) is 8.52. The number of halogens is 1. The highest BCUT2D eigenvalue weighted by atomic mass is 19.1. The molecule has 0 aliphatic carbocycles. The standard InChI is InChI=1S/C20H23FN2O2/c1-14(19(22)16-5-3-2-4-6-16)20(24)23-11-12-25-18(13-23)15-7-9-17(21)10-8-15/h2-10,14,18-19H,11-13,22H2,1H3. The molecule has 1 aliphatic heterocycles. The number of hydrogen-bond acceptors (Lipinski definition) is 3. The normalized spacial score (nSPS) is 20.1. The summed E-state index contributed by atoms with van der Waals surface area (Å²) < 4.78 is 18.9. The van der Waals surface area contributed by atoms with Crippen molar-refractivity contribution in [2.45, 2.75) is 19.1 Å². The smallest absolute Gasteiger partial charge is 0.227 e. The molecule has 3 rings (SSSR count). The van der Waals surface area contributed by atoms with Gasteiger partial charge in [0.05, 0.1) is 19.1 Å². The van der Waals surface area contributed by atoms with E-state index < -0.39 is 0 Å². The van der Waals surface area contributed by atoms with Gasteiger partial charge in [-0.15, -0.1) is 0 Å². The predicted octanol–water partition coefficient (Wildman–Crippen LogP) is 3.06. The molecule has 1 fully saturated rings. The third kappa shape index (κ3) is 4.06. The van der Waals surface area contributed by atoms with Gasteiger partial charge in [0.25, 0.3) is 0 Å². The van der Waals surface area contributed by atoms with Crippen molar-refractivity contribution >= 4 is 5.91 Å². The van der Waals surface area contributed by atoms with Crippen LogP contribution in [0.15, 0.2) is 54.6 Å². The van der Waals surface area contributed by atoms with Crippen molar-refractivity contribution in [3.05, 3.63) is 71.5 Å². The zero-order valence-electron chi connectivity index (χ0n) is 14.3. The molecule has 25 heavy (non-hydrogen) atoms. The number of ether oxygens (including phenoxy) is 1. The molecule has 0 spiro atoms. The summed E-state index contributed by atoms with van der Waals surface area (Å²) in [6, 6.07) is 15.5. The van der Waals surface area contributed by atoms with E-state index in [1.54, 1.807) is 17.0 Å². The number of nitrogens with zero attached hydrogens (tertiary/aromatic N) is 1. The third-order valence-corrected chi connectivity index (χ3v) is 4.73. The van der Waals surface area contributed by atoms with Crippen LogP contribution < -0.4 is 5.73 Å². The predicted molar refractivity (Wildman–Crippen MR) is 94.2 cm³/mol. The van der Waals surface area contributed by atoms with E-state index in [2.05, 4.69) is 0 Å².